The first-order chi connectivity index (χ1) is 14.8. The fourth-order valence-corrected chi connectivity index (χ4v) is 4.09. The van der Waals surface area contributed by atoms with Crippen molar-refractivity contribution in [2.75, 3.05) is 49.2 Å². The highest BCUT2D eigenvalue weighted by Crippen LogP contribution is 2.24. The molecule has 2 aromatic heterocycles. The monoisotopic (exact) mass is 422 g/mol. The minimum Gasteiger partial charge on any atom is -0.369 e. The van der Waals surface area contributed by atoms with Crippen LogP contribution in [0.5, 0.6) is 0 Å². The van der Waals surface area contributed by atoms with E-state index in [4.69, 9.17) is 5.73 Å². The smallest absolute Gasteiger partial charge is 0.254 e. The number of likely N-dealkylation sites (N-methyl/N-ethyl adjacent to an activating group) is 1. The summed E-state index contributed by atoms with van der Waals surface area (Å²) < 4.78 is 1.64. The zero-order chi connectivity index (χ0) is 22.1. The molecule has 1 aliphatic rings. The van der Waals surface area contributed by atoms with Crippen LogP contribution in [-0.2, 0) is 11.2 Å². The number of aryl methyl sites for hydroxylation is 3. The molecular formula is C22H30N8O. The lowest BCUT2D eigenvalue weighted by Crippen LogP contribution is -2.44. The van der Waals surface area contributed by atoms with E-state index in [1.807, 2.05) is 26.8 Å². The molecular weight excluding hydrogens is 392 g/mol. The van der Waals surface area contributed by atoms with Gasteiger partial charge in [0.1, 0.15) is 0 Å². The van der Waals surface area contributed by atoms with E-state index in [9.17, 15) is 4.79 Å². The van der Waals surface area contributed by atoms with Gasteiger partial charge in [-0.3, -0.25) is 4.79 Å². The standard InChI is InChI=1S/C22H30N8O/c1-14-13-17(29-11-9-28(4)10-12-29)5-7-19(14)25-20(31)8-6-18-15(2)24-22-26-21(23)27-30(22)16(18)3/h5,7,13H,6,8-12H2,1-4H3,(H2,23,27)(H,25,31). The molecule has 1 fully saturated rings. The van der Waals surface area contributed by atoms with Crippen LogP contribution in [0.3, 0.4) is 0 Å². The Balaban J connectivity index is 1.41. The van der Waals surface area contributed by atoms with Gasteiger partial charge in [-0.05, 0) is 63.6 Å². The second-order valence-electron chi connectivity index (χ2n) is 8.28. The largest absolute Gasteiger partial charge is 0.369 e. The summed E-state index contributed by atoms with van der Waals surface area (Å²) >= 11 is 0. The minimum absolute atomic E-state index is 0.0209. The van der Waals surface area contributed by atoms with Crippen molar-refractivity contribution in [1.82, 2.24) is 24.5 Å². The van der Waals surface area contributed by atoms with Gasteiger partial charge in [-0.15, -0.1) is 5.10 Å². The molecule has 0 aliphatic carbocycles. The molecule has 1 aromatic carbocycles. The lowest BCUT2D eigenvalue weighted by molar-refractivity contribution is -0.116. The number of nitrogens with two attached hydrogens (primary N) is 1. The lowest BCUT2D eigenvalue weighted by Gasteiger charge is -2.34. The Kier molecular flexibility index (Phi) is 5.77. The Bertz CT molecular complexity index is 1110. The van der Waals surface area contributed by atoms with Crippen LogP contribution < -0.4 is 16.0 Å². The summed E-state index contributed by atoms with van der Waals surface area (Å²) in [6, 6.07) is 6.25. The molecule has 0 unspecified atom stereocenters. The first kappa shape index (κ1) is 21.0. The average Bonchev–Trinajstić information content (AvgIpc) is 3.10. The van der Waals surface area contributed by atoms with Crippen LogP contribution in [0.4, 0.5) is 17.3 Å². The zero-order valence-corrected chi connectivity index (χ0v) is 18.6. The third-order valence-corrected chi connectivity index (χ3v) is 6.02. The number of fused-ring (bicyclic) bond motifs is 1. The summed E-state index contributed by atoms with van der Waals surface area (Å²) in [7, 11) is 2.15. The van der Waals surface area contributed by atoms with Crippen molar-refractivity contribution < 1.29 is 4.79 Å². The molecule has 0 spiro atoms. The highest BCUT2D eigenvalue weighted by atomic mass is 16.1. The molecule has 31 heavy (non-hydrogen) atoms. The normalized spacial score (nSPS) is 14.9. The number of rotatable bonds is 5. The lowest BCUT2D eigenvalue weighted by atomic mass is 10.1. The van der Waals surface area contributed by atoms with Gasteiger partial charge in [-0.2, -0.15) is 9.50 Å². The van der Waals surface area contributed by atoms with E-state index in [0.29, 0.717) is 18.6 Å². The molecule has 4 rings (SSSR count). The molecule has 3 heterocycles. The fraction of sp³-hybridized carbons (Fsp3) is 0.455. The average molecular weight is 423 g/mol. The number of carbonyl (C=O) groups is 1. The number of hydrogen-bond donors (Lipinski definition) is 2. The number of anilines is 3. The molecule has 1 saturated heterocycles. The maximum atomic E-state index is 12.6. The SMILES string of the molecule is Cc1cc(N2CCN(C)CC2)ccc1NC(=O)CCc1c(C)nc2nc(N)nn2c1C. The van der Waals surface area contributed by atoms with Gasteiger partial charge < -0.3 is 20.9 Å². The van der Waals surface area contributed by atoms with Crippen molar-refractivity contribution in [2.24, 2.45) is 0 Å². The second kappa shape index (κ2) is 8.50. The summed E-state index contributed by atoms with van der Waals surface area (Å²) in [6.07, 6.45) is 0.934. The van der Waals surface area contributed by atoms with Crippen LogP contribution in [0.1, 0.15) is 28.9 Å². The quantitative estimate of drug-likeness (QED) is 0.647. The van der Waals surface area contributed by atoms with E-state index >= 15 is 0 Å². The predicted molar refractivity (Wildman–Crippen MR) is 123 cm³/mol. The molecule has 0 radical (unpaired) electrons. The summed E-state index contributed by atoms with van der Waals surface area (Å²) in [5, 5.41) is 7.24. The van der Waals surface area contributed by atoms with E-state index in [2.05, 4.69) is 49.4 Å². The number of hydrogen-bond acceptors (Lipinski definition) is 7. The molecule has 164 valence electrons. The number of nitrogens with one attached hydrogen (secondary N) is 1. The number of benzene rings is 1. The Morgan fingerprint density at radius 2 is 1.87 bits per heavy atom. The van der Waals surface area contributed by atoms with Crippen LogP contribution in [0.25, 0.3) is 5.78 Å². The molecule has 9 nitrogen and oxygen atoms in total. The fourth-order valence-electron chi connectivity index (χ4n) is 4.09. The summed E-state index contributed by atoms with van der Waals surface area (Å²) in [5.41, 5.74) is 11.6. The van der Waals surface area contributed by atoms with E-state index in [1.165, 1.54) is 5.69 Å². The van der Waals surface area contributed by atoms with E-state index in [0.717, 1.165) is 54.4 Å². The van der Waals surface area contributed by atoms with Gasteiger partial charge in [0.2, 0.25) is 11.9 Å². The predicted octanol–water partition coefficient (Wildman–Crippen LogP) is 1.95. The minimum atomic E-state index is -0.0209. The number of nitrogens with zero attached hydrogens (tertiary/aromatic N) is 6. The Morgan fingerprint density at radius 3 is 2.58 bits per heavy atom. The molecule has 9 heteroatoms. The first-order valence-electron chi connectivity index (χ1n) is 10.6. The van der Waals surface area contributed by atoms with E-state index in [-0.39, 0.29) is 11.9 Å². The zero-order valence-electron chi connectivity index (χ0n) is 18.6. The van der Waals surface area contributed by atoms with Gasteiger partial charge in [-0.1, -0.05) is 0 Å². The van der Waals surface area contributed by atoms with Gasteiger partial charge in [0.15, 0.2) is 0 Å². The Morgan fingerprint density at radius 1 is 1.13 bits per heavy atom. The van der Waals surface area contributed by atoms with Crippen LogP contribution >= 0.6 is 0 Å². The maximum Gasteiger partial charge on any atom is 0.254 e. The van der Waals surface area contributed by atoms with E-state index < -0.39 is 0 Å². The van der Waals surface area contributed by atoms with Crippen LogP contribution in [-0.4, -0.2) is 63.6 Å². The summed E-state index contributed by atoms with van der Waals surface area (Å²) in [6.45, 7) is 10.1. The van der Waals surface area contributed by atoms with E-state index in [1.54, 1.807) is 4.52 Å². The van der Waals surface area contributed by atoms with Gasteiger partial charge >= 0.3 is 0 Å². The highest BCUT2D eigenvalue weighted by molar-refractivity contribution is 5.92. The van der Waals surface area contributed by atoms with Crippen molar-refractivity contribution >= 4 is 29.0 Å². The molecule has 3 N–H and O–H groups in total. The van der Waals surface area contributed by atoms with Gasteiger partial charge in [-0.25, -0.2) is 4.98 Å². The molecule has 1 amide bonds. The van der Waals surface area contributed by atoms with Gasteiger partial charge in [0.25, 0.3) is 5.78 Å². The van der Waals surface area contributed by atoms with Crippen molar-refractivity contribution in [3.8, 4) is 0 Å². The number of aromatic nitrogens is 4. The highest BCUT2D eigenvalue weighted by Gasteiger charge is 2.16. The maximum absolute atomic E-state index is 12.6. The van der Waals surface area contributed by atoms with Crippen molar-refractivity contribution in [3.63, 3.8) is 0 Å². The van der Waals surface area contributed by atoms with Crippen molar-refractivity contribution in [2.45, 2.75) is 33.6 Å². The molecule has 0 bridgehead atoms. The summed E-state index contributed by atoms with van der Waals surface area (Å²) in [5.74, 6) is 0.657. The van der Waals surface area contributed by atoms with Crippen LogP contribution in [0, 0.1) is 20.8 Å². The number of amides is 1. The Labute approximate surface area is 182 Å². The van der Waals surface area contributed by atoms with Gasteiger partial charge in [0, 0.05) is 55.4 Å². The molecule has 0 atom stereocenters. The van der Waals surface area contributed by atoms with Crippen molar-refractivity contribution in [3.05, 3.63) is 40.7 Å². The number of nitrogen functional groups attached to an aromatic ring is 1. The second-order valence-corrected chi connectivity index (χ2v) is 8.28. The number of piperazine rings is 1. The number of carbonyl (C=O) groups excluding carboxylic acids is 1. The topological polar surface area (TPSA) is 105 Å². The third kappa shape index (κ3) is 4.46. The Hall–Kier alpha value is -3.20. The molecule has 1 aliphatic heterocycles. The molecule has 3 aromatic rings. The third-order valence-electron chi connectivity index (χ3n) is 6.02. The first-order valence-corrected chi connectivity index (χ1v) is 10.6. The summed E-state index contributed by atoms with van der Waals surface area (Å²) in [4.78, 5) is 26.0. The van der Waals surface area contributed by atoms with Crippen molar-refractivity contribution in [1.29, 1.82) is 0 Å². The molecule has 0 saturated carbocycles. The van der Waals surface area contributed by atoms with Crippen LogP contribution in [0.2, 0.25) is 0 Å². The van der Waals surface area contributed by atoms with Gasteiger partial charge in [0.05, 0.1) is 0 Å². The van der Waals surface area contributed by atoms with Crippen LogP contribution in [0.15, 0.2) is 18.2 Å².